The fourth-order valence-corrected chi connectivity index (χ4v) is 2.61. The molecule has 0 bridgehead atoms. The number of likely N-dealkylation sites (tertiary alicyclic amines) is 1. The van der Waals surface area contributed by atoms with Crippen LogP contribution in [0.1, 0.15) is 24.0 Å². The van der Waals surface area contributed by atoms with Gasteiger partial charge in [-0.05, 0) is 37.0 Å². The van der Waals surface area contributed by atoms with Crippen LogP contribution in [-0.4, -0.2) is 35.6 Å². The summed E-state index contributed by atoms with van der Waals surface area (Å²) < 4.78 is 0. The van der Waals surface area contributed by atoms with Crippen LogP contribution < -0.4 is 0 Å². The Morgan fingerprint density at radius 2 is 2.32 bits per heavy atom. The summed E-state index contributed by atoms with van der Waals surface area (Å²) in [5, 5.41) is 9.83. The standard InChI is InChI=1S/C15H20ClNO2/c1-11-2-3-12(8-14(11)16)4-5-15(19)17-7-6-13(9-17)10-18/h2-3,8,13,18H,4-7,9-10H2,1H3. The lowest BCUT2D eigenvalue weighted by Crippen LogP contribution is -2.29. The predicted molar refractivity (Wildman–Crippen MR) is 76.3 cm³/mol. The molecular weight excluding hydrogens is 262 g/mol. The van der Waals surface area contributed by atoms with Crippen LogP contribution in [0.25, 0.3) is 0 Å². The molecule has 1 atom stereocenters. The average Bonchev–Trinajstić information content (AvgIpc) is 2.88. The van der Waals surface area contributed by atoms with Crippen molar-refractivity contribution in [3.8, 4) is 0 Å². The Kier molecular flexibility index (Phi) is 4.83. The molecule has 1 aliphatic heterocycles. The largest absolute Gasteiger partial charge is 0.396 e. The smallest absolute Gasteiger partial charge is 0.222 e. The van der Waals surface area contributed by atoms with E-state index in [4.69, 9.17) is 16.7 Å². The molecule has 0 aliphatic carbocycles. The van der Waals surface area contributed by atoms with Gasteiger partial charge < -0.3 is 10.0 Å². The number of rotatable bonds is 4. The van der Waals surface area contributed by atoms with Gasteiger partial charge in [-0.15, -0.1) is 0 Å². The number of aryl methyl sites for hydroxylation is 2. The first-order valence-corrected chi connectivity index (χ1v) is 7.11. The molecule has 2 rings (SSSR count). The lowest BCUT2D eigenvalue weighted by atomic mass is 10.1. The number of hydrogen-bond donors (Lipinski definition) is 1. The Labute approximate surface area is 119 Å². The normalized spacial score (nSPS) is 18.9. The predicted octanol–water partition coefficient (Wildman–Crippen LogP) is 2.42. The zero-order chi connectivity index (χ0) is 13.8. The van der Waals surface area contributed by atoms with Crippen LogP contribution >= 0.6 is 11.6 Å². The molecule has 3 nitrogen and oxygen atoms in total. The molecule has 1 fully saturated rings. The number of aliphatic hydroxyl groups excluding tert-OH is 1. The molecule has 1 unspecified atom stereocenters. The highest BCUT2D eigenvalue weighted by Crippen LogP contribution is 2.19. The third-order valence-electron chi connectivity index (χ3n) is 3.76. The highest BCUT2D eigenvalue weighted by molar-refractivity contribution is 6.31. The van der Waals surface area contributed by atoms with Gasteiger partial charge in [0, 0.05) is 37.1 Å². The second-order valence-electron chi connectivity index (χ2n) is 5.26. The summed E-state index contributed by atoms with van der Waals surface area (Å²) in [6, 6.07) is 5.94. The van der Waals surface area contributed by atoms with Gasteiger partial charge in [-0.2, -0.15) is 0 Å². The topological polar surface area (TPSA) is 40.5 Å². The highest BCUT2D eigenvalue weighted by atomic mass is 35.5. The second-order valence-corrected chi connectivity index (χ2v) is 5.67. The molecular formula is C15H20ClNO2. The molecule has 1 N–H and O–H groups in total. The van der Waals surface area contributed by atoms with Crippen molar-refractivity contribution in [3.63, 3.8) is 0 Å². The number of halogens is 1. The Bertz CT molecular complexity index is 461. The lowest BCUT2D eigenvalue weighted by molar-refractivity contribution is -0.130. The van der Waals surface area contributed by atoms with Crippen molar-refractivity contribution in [2.24, 2.45) is 5.92 Å². The molecule has 4 heteroatoms. The van der Waals surface area contributed by atoms with Crippen LogP contribution in [0.4, 0.5) is 0 Å². The van der Waals surface area contributed by atoms with Crippen molar-refractivity contribution in [1.82, 2.24) is 4.90 Å². The van der Waals surface area contributed by atoms with Gasteiger partial charge in [-0.1, -0.05) is 23.7 Å². The maximum Gasteiger partial charge on any atom is 0.222 e. The summed E-state index contributed by atoms with van der Waals surface area (Å²) in [6.07, 6.45) is 2.15. The van der Waals surface area contributed by atoms with Crippen LogP contribution in [0, 0.1) is 12.8 Å². The number of aliphatic hydroxyl groups is 1. The Morgan fingerprint density at radius 1 is 1.53 bits per heavy atom. The SMILES string of the molecule is Cc1ccc(CCC(=O)N2CCC(CO)C2)cc1Cl. The molecule has 1 heterocycles. The molecule has 1 amide bonds. The van der Waals surface area contributed by atoms with Crippen LogP contribution in [0.3, 0.4) is 0 Å². The summed E-state index contributed by atoms with van der Waals surface area (Å²) in [4.78, 5) is 13.9. The van der Waals surface area contributed by atoms with Crippen molar-refractivity contribution >= 4 is 17.5 Å². The summed E-state index contributed by atoms with van der Waals surface area (Å²) in [7, 11) is 0. The van der Waals surface area contributed by atoms with Crippen molar-refractivity contribution in [3.05, 3.63) is 34.3 Å². The van der Waals surface area contributed by atoms with Gasteiger partial charge in [0.2, 0.25) is 5.91 Å². The molecule has 104 valence electrons. The van der Waals surface area contributed by atoms with Crippen molar-refractivity contribution in [2.45, 2.75) is 26.2 Å². The quantitative estimate of drug-likeness (QED) is 0.921. The molecule has 0 saturated carbocycles. The van der Waals surface area contributed by atoms with Crippen LogP contribution in [0.2, 0.25) is 5.02 Å². The van der Waals surface area contributed by atoms with E-state index in [2.05, 4.69) is 0 Å². The van der Waals surface area contributed by atoms with Gasteiger partial charge in [0.05, 0.1) is 0 Å². The van der Waals surface area contributed by atoms with Crippen molar-refractivity contribution in [1.29, 1.82) is 0 Å². The second kappa shape index (κ2) is 6.40. The first-order valence-electron chi connectivity index (χ1n) is 6.74. The number of hydrogen-bond acceptors (Lipinski definition) is 2. The molecule has 1 aromatic carbocycles. The summed E-state index contributed by atoms with van der Waals surface area (Å²) in [5.41, 5.74) is 2.16. The van der Waals surface area contributed by atoms with E-state index in [-0.39, 0.29) is 18.4 Å². The summed E-state index contributed by atoms with van der Waals surface area (Å²) in [6.45, 7) is 3.62. The summed E-state index contributed by atoms with van der Waals surface area (Å²) in [5.74, 6) is 0.436. The zero-order valence-electron chi connectivity index (χ0n) is 11.2. The van der Waals surface area contributed by atoms with Crippen LogP contribution in [-0.2, 0) is 11.2 Å². The first-order chi connectivity index (χ1) is 9.10. The van der Waals surface area contributed by atoms with Gasteiger partial charge in [0.15, 0.2) is 0 Å². The van der Waals surface area contributed by atoms with Crippen LogP contribution in [0.15, 0.2) is 18.2 Å². The minimum Gasteiger partial charge on any atom is -0.396 e. The lowest BCUT2D eigenvalue weighted by Gasteiger charge is -2.16. The minimum absolute atomic E-state index is 0.174. The summed E-state index contributed by atoms with van der Waals surface area (Å²) >= 11 is 6.07. The van der Waals surface area contributed by atoms with Gasteiger partial charge in [-0.25, -0.2) is 0 Å². The van der Waals surface area contributed by atoms with Gasteiger partial charge in [0.25, 0.3) is 0 Å². The molecule has 1 saturated heterocycles. The average molecular weight is 282 g/mol. The minimum atomic E-state index is 0.174. The Hall–Kier alpha value is -1.06. The van der Waals surface area contributed by atoms with Gasteiger partial charge >= 0.3 is 0 Å². The third kappa shape index (κ3) is 3.71. The van der Waals surface area contributed by atoms with Crippen molar-refractivity contribution in [2.75, 3.05) is 19.7 Å². The molecule has 0 spiro atoms. The van der Waals surface area contributed by atoms with E-state index in [1.54, 1.807) is 0 Å². The fourth-order valence-electron chi connectivity index (χ4n) is 2.41. The molecule has 19 heavy (non-hydrogen) atoms. The van der Waals surface area contributed by atoms with Crippen LogP contribution in [0.5, 0.6) is 0 Å². The van der Waals surface area contributed by atoms with E-state index in [0.717, 1.165) is 35.5 Å². The van der Waals surface area contributed by atoms with E-state index < -0.39 is 0 Å². The number of benzene rings is 1. The zero-order valence-corrected chi connectivity index (χ0v) is 12.0. The fraction of sp³-hybridized carbons (Fsp3) is 0.533. The van der Waals surface area contributed by atoms with E-state index >= 15 is 0 Å². The van der Waals surface area contributed by atoms with Gasteiger partial charge in [-0.3, -0.25) is 4.79 Å². The molecule has 1 aromatic rings. The maximum absolute atomic E-state index is 12.0. The van der Waals surface area contributed by atoms with E-state index in [1.807, 2.05) is 30.0 Å². The Morgan fingerprint density at radius 3 is 2.95 bits per heavy atom. The first kappa shape index (κ1) is 14.4. The number of nitrogens with zero attached hydrogens (tertiary/aromatic N) is 1. The van der Waals surface area contributed by atoms with E-state index in [1.165, 1.54) is 0 Å². The number of carbonyl (C=O) groups excluding carboxylic acids is 1. The van der Waals surface area contributed by atoms with E-state index in [9.17, 15) is 4.79 Å². The Balaban J connectivity index is 1.85. The number of amides is 1. The molecule has 0 aromatic heterocycles. The van der Waals surface area contributed by atoms with Crippen molar-refractivity contribution < 1.29 is 9.90 Å². The molecule has 1 aliphatic rings. The molecule has 0 radical (unpaired) electrons. The highest BCUT2D eigenvalue weighted by Gasteiger charge is 2.25. The number of carbonyl (C=O) groups is 1. The third-order valence-corrected chi connectivity index (χ3v) is 4.17. The van der Waals surface area contributed by atoms with Gasteiger partial charge in [0.1, 0.15) is 0 Å². The van der Waals surface area contributed by atoms with E-state index in [0.29, 0.717) is 13.0 Å². The monoisotopic (exact) mass is 281 g/mol. The maximum atomic E-state index is 12.0.